The van der Waals surface area contributed by atoms with E-state index in [0.29, 0.717) is 13.1 Å². The Kier molecular flexibility index (Phi) is 4.17. The van der Waals surface area contributed by atoms with E-state index in [1.807, 2.05) is 6.92 Å². The molecule has 0 spiro atoms. The summed E-state index contributed by atoms with van der Waals surface area (Å²) in [5.74, 6) is 0.354. The molecule has 1 aromatic carbocycles. The van der Waals surface area contributed by atoms with E-state index in [1.165, 1.54) is 0 Å². The van der Waals surface area contributed by atoms with E-state index in [0.717, 1.165) is 24.0 Å². The molecule has 110 valence electrons. The second-order valence-corrected chi connectivity index (χ2v) is 6.28. The molecule has 20 heavy (non-hydrogen) atoms. The van der Waals surface area contributed by atoms with Gasteiger partial charge in [0.2, 0.25) is 0 Å². The van der Waals surface area contributed by atoms with Crippen molar-refractivity contribution in [2.24, 2.45) is 0 Å². The molecule has 0 saturated carbocycles. The van der Waals surface area contributed by atoms with Crippen molar-refractivity contribution >= 4 is 23.4 Å². The number of thioether (sulfide) groups is 1. The predicted molar refractivity (Wildman–Crippen MR) is 73.7 cm³/mol. The maximum absolute atomic E-state index is 12.7. The highest BCUT2D eigenvalue weighted by Gasteiger charge is 2.32. The lowest BCUT2D eigenvalue weighted by atomic mass is 10.1. The maximum Gasteiger partial charge on any atom is 0.416 e. The molecule has 1 aliphatic heterocycles. The SMILES string of the molecule is CC1CN(C(=O)c2cc(C(F)(F)F)ccc2N)CCS1. The van der Waals surface area contributed by atoms with Crippen LogP contribution in [0.4, 0.5) is 18.9 Å². The van der Waals surface area contributed by atoms with E-state index in [-0.39, 0.29) is 16.5 Å². The largest absolute Gasteiger partial charge is 0.416 e. The van der Waals surface area contributed by atoms with Crippen molar-refractivity contribution < 1.29 is 18.0 Å². The van der Waals surface area contributed by atoms with Gasteiger partial charge in [0.05, 0.1) is 11.1 Å². The minimum atomic E-state index is -4.48. The van der Waals surface area contributed by atoms with Crippen molar-refractivity contribution in [3.8, 4) is 0 Å². The van der Waals surface area contributed by atoms with Crippen LogP contribution < -0.4 is 5.73 Å². The van der Waals surface area contributed by atoms with Gasteiger partial charge in [-0.2, -0.15) is 24.9 Å². The molecular weight excluding hydrogens is 289 g/mol. The van der Waals surface area contributed by atoms with Gasteiger partial charge in [-0.1, -0.05) is 6.92 Å². The van der Waals surface area contributed by atoms with Gasteiger partial charge in [-0.05, 0) is 18.2 Å². The van der Waals surface area contributed by atoms with E-state index in [1.54, 1.807) is 16.7 Å². The highest BCUT2D eigenvalue weighted by atomic mass is 32.2. The normalized spacial score (nSPS) is 20.0. The first-order valence-electron chi connectivity index (χ1n) is 6.16. The monoisotopic (exact) mass is 304 g/mol. The van der Waals surface area contributed by atoms with Crippen LogP contribution in [-0.2, 0) is 6.18 Å². The third-order valence-corrected chi connectivity index (χ3v) is 4.28. The molecule has 1 aromatic rings. The Morgan fingerprint density at radius 3 is 2.75 bits per heavy atom. The zero-order valence-corrected chi connectivity index (χ0v) is 11.7. The standard InChI is InChI=1S/C13H15F3N2OS/c1-8-7-18(4-5-20-8)12(19)10-6-9(13(14,15)16)2-3-11(10)17/h2-3,6,8H,4-5,7,17H2,1H3. The number of alkyl halides is 3. The number of carbonyl (C=O) groups is 1. The first-order chi connectivity index (χ1) is 9.29. The van der Waals surface area contributed by atoms with Crippen molar-refractivity contribution in [3.05, 3.63) is 29.3 Å². The third kappa shape index (κ3) is 3.20. The number of nitrogens with two attached hydrogens (primary N) is 1. The van der Waals surface area contributed by atoms with Crippen molar-refractivity contribution in [1.29, 1.82) is 0 Å². The van der Waals surface area contributed by atoms with Gasteiger partial charge in [0.15, 0.2) is 0 Å². The van der Waals surface area contributed by atoms with Gasteiger partial charge >= 0.3 is 6.18 Å². The lowest BCUT2D eigenvalue weighted by Gasteiger charge is -2.31. The summed E-state index contributed by atoms with van der Waals surface area (Å²) in [5, 5.41) is 0.278. The Bertz CT molecular complexity index is 519. The van der Waals surface area contributed by atoms with Crippen molar-refractivity contribution in [2.45, 2.75) is 18.3 Å². The fourth-order valence-electron chi connectivity index (χ4n) is 2.09. The van der Waals surface area contributed by atoms with Gasteiger partial charge in [-0.15, -0.1) is 0 Å². The summed E-state index contributed by atoms with van der Waals surface area (Å²) in [6.45, 7) is 3.04. The van der Waals surface area contributed by atoms with Crippen molar-refractivity contribution in [1.82, 2.24) is 4.90 Å². The Morgan fingerprint density at radius 2 is 2.15 bits per heavy atom. The van der Waals surface area contributed by atoms with Crippen LogP contribution >= 0.6 is 11.8 Å². The summed E-state index contributed by atoms with van der Waals surface area (Å²) in [6, 6.07) is 2.86. The molecule has 1 unspecified atom stereocenters. The van der Waals surface area contributed by atoms with Crippen LogP contribution in [0.5, 0.6) is 0 Å². The van der Waals surface area contributed by atoms with Crippen LogP contribution in [0, 0.1) is 0 Å². The molecule has 1 atom stereocenters. The molecule has 2 N–H and O–H groups in total. The second-order valence-electron chi connectivity index (χ2n) is 4.73. The zero-order chi connectivity index (χ0) is 14.9. The molecule has 1 fully saturated rings. The van der Waals surface area contributed by atoms with Gasteiger partial charge in [-0.25, -0.2) is 0 Å². The molecule has 3 nitrogen and oxygen atoms in total. The van der Waals surface area contributed by atoms with Gasteiger partial charge in [0, 0.05) is 29.8 Å². The smallest absolute Gasteiger partial charge is 0.398 e. The van der Waals surface area contributed by atoms with E-state index < -0.39 is 17.6 Å². The number of hydrogen-bond donors (Lipinski definition) is 1. The zero-order valence-electron chi connectivity index (χ0n) is 10.9. The Morgan fingerprint density at radius 1 is 1.45 bits per heavy atom. The predicted octanol–water partition coefficient (Wildman–Crippen LogP) is 2.87. The molecule has 1 amide bonds. The van der Waals surface area contributed by atoms with Crippen molar-refractivity contribution in [3.63, 3.8) is 0 Å². The number of halogens is 3. The van der Waals surface area contributed by atoms with E-state index in [2.05, 4.69) is 0 Å². The van der Waals surface area contributed by atoms with Gasteiger partial charge in [0.25, 0.3) is 5.91 Å². The van der Waals surface area contributed by atoms with Gasteiger partial charge < -0.3 is 10.6 Å². The number of benzene rings is 1. The topological polar surface area (TPSA) is 46.3 Å². The highest BCUT2D eigenvalue weighted by molar-refractivity contribution is 7.99. The van der Waals surface area contributed by atoms with Crippen LogP contribution in [0.15, 0.2) is 18.2 Å². The Hall–Kier alpha value is -1.37. The van der Waals surface area contributed by atoms with Gasteiger partial charge in [0.1, 0.15) is 0 Å². The molecule has 1 heterocycles. The molecule has 7 heteroatoms. The van der Waals surface area contributed by atoms with Crippen LogP contribution in [0.3, 0.4) is 0 Å². The van der Waals surface area contributed by atoms with E-state index in [4.69, 9.17) is 5.73 Å². The average Bonchev–Trinajstić information content (AvgIpc) is 2.37. The number of nitrogen functional groups attached to an aromatic ring is 1. The van der Waals surface area contributed by atoms with Crippen LogP contribution in [0.2, 0.25) is 0 Å². The first kappa shape index (κ1) is 15.0. The fraction of sp³-hybridized carbons (Fsp3) is 0.462. The number of carbonyl (C=O) groups excluding carboxylic acids is 1. The molecule has 0 bridgehead atoms. The summed E-state index contributed by atoms with van der Waals surface area (Å²) in [7, 11) is 0. The number of rotatable bonds is 1. The minimum Gasteiger partial charge on any atom is -0.398 e. The van der Waals surface area contributed by atoms with E-state index >= 15 is 0 Å². The average molecular weight is 304 g/mol. The Labute approximate surface area is 119 Å². The summed E-state index contributed by atoms with van der Waals surface area (Å²) >= 11 is 1.74. The highest BCUT2D eigenvalue weighted by Crippen LogP contribution is 2.32. The van der Waals surface area contributed by atoms with Crippen molar-refractivity contribution in [2.75, 3.05) is 24.6 Å². The molecule has 0 aromatic heterocycles. The lowest BCUT2D eigenvalue weighted by molar-refractivity contribution is -0.137. The van der Waals surface area contributed by atoms with Gasteiger partial charge in [-0.3, -0.25) is 4.79 Å². The number of hydrogen-bond acceptors (Lipinski definition) is 3. The Balaban J connectivity index is 2.29. The molecule has 0 aliphatic carbocycles. The molecule has 2 rings (SSSR count). The van der Waals surface area contributed by atoms with Crippen LogP contribution in [-0.4, -0.2) is 34.9 Å². The second kappa shape index (κ2) is 5.55. The quantitative estimate of drug-likeness (QED) is 0.812. The summed E-state index contributed by atoms with van der Waals surface area (Å²) in [5.41, 5.74) is 4.81. The molecular formula is C13H15F3N2OS. The van der Waals surface area contributed by atoms with Crippen LogP contribution in [0.25, 0.3) is 0 Å². The minimum absolute atomic E-state index is 0.0704. The summed E-state index contributed by atoms with van der Waals surface area (Å²) in [4.78, 5) is 13.9. The molecule has 1 saturated heterocycles. The maximum atomic E-state index is 12.7. The number of anilines is 1. The molecule has 0 radical (unpaired) electrons. The number of amides is 1. The van der Waals surface area contributed by atoms with E-state index in [9.17, 15) is 18.0 Å². The van der Waals surface area contributed by atoms with Crippen LogP contribution in [0.1, 0.15) is 22.8 Å². The molecule has 1 aliphatic rings. The number of nitrogens with zero attached hydrogens (tertiary/aromatic N) is 1. The summed E-state index contributed by atoms with van der Waals surface area (Å²) in [6.07, 6.45) is -4.48. The first-order valence-corrected chi connectivity index (χ1v) is 7.21. The third-order valence-electron chi connectivity index (χ3n) is 3.14. The summed E-state index contributed by atoms with van der Waals surface area (Å²) < 4.78 is 38.1. The fourth-order valence-corrected chi connectivity index (χ4v) is 3.10. The lowest BCUT2D eigenvalue weighted by Crippen LogP contribution is -2.41.